The monoisotopic (exact) mass is 239 g/mol. The lowest BCUT2D eigenvalue weighted by molar-refractivity contribution is 0.167. The lowest BCUT2D eigenvalue weighted by Gasteiger charge is -2.05. The second-order valence-electron chi connectivity index (χ2n) is 3.46. The number of aryl methyl sites for hydroxylation is 2. The molecule has 4 heteroatoms. The second-order valence-corrected chi connectivity index (χ2v) is 5.38. The zero-order chi connectivity index (χ0) is 10.7. The molecule has 2 rings (SSSR count). The van der Waals surface area contributed by atoms with Crippen LogP contribution >= 0.6 is 22.7 Å². The van der Waals surface area contributed by atoms with Crippen LogP contribution < -0.4 is 0 Å². The maximum absolute atomic E-state index is 9.89. The van der Waals surface area contributed by atoms with Gasteiger partial charge in [0.05, 0.1) is 0 Å². The van der Waals surface area contributed by atoms with Gasteiger partial charge in [-0.2, -0.15) is 0 Å². The molecule has 2 nitrogen and oxygen atoms in total. The number of aliphatic hydroxyl groups excluding tert-OH is 1. The minimum Gasteiger partial charge on any atom is -0.386 e. The lowest BCUT2D eigenvalue weighted by atomic mass is 10.2. The van der Waals surface area contributed by atoms with E-state index in [1.807, 2.05) is 18.4 Å². The van der Waals surface area contributed by atoms with Gasteiger partial charge in [0.1, 0.15) is 11.1 Å². The molecule has 1 atom stereocenters. The van der Waals surface area contributed by atoms with Gasteiger partial charge < -0.3 is 5.11 Å². The molecule has 2 aromatic heterocycles. The van der Waals surface area contributed by atoms with E-state index in [0.29, 0.717) is 0 Å². The van der Waals surface area contributed by atoms with Crippen LogP contribution in [0.25, 0.3) is 0 Å². The van der Waals surface area contributed by atoms with E-state index >= 15 is 0 Å². The van der Waals surface area contributed by atoms with Crippen LogP contribution in [0.2, 0.25) is 0 Å². The molecule has 2 aromatic rings. The quantitative estimate of drug-likeness (QED) is 0.889. The highest BCUT2D eigenvalue weighted by Gasteiger charge is 2.11. The van der Waals surface area contributed by atoms with Crippen LogP contribution in [0.5, 0.6) is 0 Å². The summed E-state index contributed by atoms with van der Waals surface area (Å²) < 4.78 is 0. The molecule has 0 aliphatic heterocycles. The number of nitrogens with zero attached hydrogens (tertiary/aromatic N) is 1. The van der Waals surface area contributed by atoms with E-state index in [0.717, 1.165) is 23.5 Å². The molecular formula is C11H13NOS2. The van der Waals surface area contributed by atoms with Gasteiger partial charge in [-0.25, -0.2) is 4.98 Å². The van der Waals surface area contributed by atoms with Crippen LogP contribution in [-0.4, -0.2) is 10.1 Å². The van der Waals surface area contributed by atoms with E-state index in [4.69, 9.17) is 0 Å². The Bertz CT molecular complexity index is 408. The first kappa shape index (κ1) is 10.8. The minimum atomic E-state index is -0.411. The Balaban J connectivity index is 1.90. The average molecular weight is 239 g/mol. The molecule has 80 valence electrons. The molecule has 0 saturated heterocycles. The maximum atomic E-state index is 9.89. The third kappa shape index (κ3) is 2.87. The van der Waals surface area contributed by atoms with Crippen molar-refractivity contribution < 1.29 is 5.11 Å². The summed E-state index contributed by atoms with van der Waals surface area (Å²) in [4.78, 5) is 5.60. The molecule has 2 heterocycles. The van der Waals surface area contributed by atoms with Crippen LogP contribution in [0.3, 0.4) is 0 Å². The Labute approximate surface area is 97.2 Å². The summed E-state index contributed by atoms with van der Waals surface area (Å²) in [5, 5.41) is 14.8. The van der Waals surface area contributed by atoms with E-state index in [9.17, 15) is 5.11 Å². The van der Waals surface area contributed by atoms with E-state index in [-0.39, 0.29) is 0 Å². The highest BCUT2D eigenvalue weighted by atomic mass is 32.1. The largest absolute Gasteiger partial charge is 0.386 e. The fourth-order valence-corrected chi connectivity index (χ4v) is 2.92. The molecular weight excluding hydrogens is 226 g/mol. The third-order valence-corrected chi connectivity index (χ3v) is 4.17. The fraction of sp³-hybridized carbons (Fsp3) is 0.364. The predicted molar refractivity (Wildman–Crippen MR) is 64.5 cm³/mol. The summed E-state index contributed by atoms with van der Waals surface area (Å²) in [6, 6.07) is 4.14. The Kier molecular flexibility index (Phi) is 3.51. The van der Waals surface area contributed by atoms with Gasteiger partial charge >= 0.3 is 0 Å². The van der Waals surface area contributed by atoms with Gasteiger partial charge in [-0.1, -0.05) is 6.07 Å². The number of hydrogen-bond donors (Lipinski definition) is 1. The molecule has 0 spiro atoms. The van der Waals surface area contributed by atoms with E-state index in [1.165, 1.54) is 16.2 Å². The van der Waals surface area contributed by atoms with Crippen LogP contribution in [0.1, 0.15) is 28.1 Å². The van der Waals surface area contributed by atoms with Crippen molar-refractivity contribution in [2.75, 3.05) is 0 Å². The minimum absolute atomic E-state index is 0.411. The number of aliphatic hydroxyl groups is 1. The molecule has 0 fully saturated rings. The Hall–Kier alpha value is -0.710. The van der Waals surface area contributed by atoms with Gasteiger partial charge in [-0.15, -0.1) is 22.7 Å². The predicted octanol–water partition coefficient (Wildman–Crippen LogP) is 3.18. The van der Waals surface area contributed by atoms with Crippen molar-refractivity contribution in [3.63, 3.8) is 0 Å². The Morgan fingerprint density at radius 3 is 2.93 bits per heavy atom. The third-order valence-electron chi connectivity index (χ3n) is 2.17. The molecule has 0 radical (unpaired) electrons. The molecule has 0 aromatic carbocycles. The van der Waals surface area contributed by atoms with Crippen LogP contribution in [0.4, 0.5) is 0 Å². The average Bonchev–Trinajstić information content (AvgIpc) is 2.84. The molecule has 0 saturated carbocycles. The Morgan fingerprint density at radius 1 is 1.47 bits per heavy atom. The van der Waals surface area contributed by atoms with Crippen molar-refractivity contribution in [2.24, 2.45) is 0 Å². The van der Waals surface area contributed by atoms with E-state index < -0.39 is 6.10 Å². The van der Waals surface area contributed by atoms with Crippen LogP contribution in [0.15, 0.2) is 22.9 Å². The first-order chi connectivity index (χ1) is 7.25. The standard InChI is InChI=1S/C11H13NOS2/c1-8-7-15-11(12-8)10(13)5-4-9-3-2-6-14-9/h2-3,6-7,10,13H,4-5H2,1H3. The maximum Gasteiger partial charge on any atom is 0.121 e. The topological polar surface area (TPSA) is 33.1 Å². The zero-order valence-electron chi connectivity index (χ0n) is 8.51. The van der Waals surface area contributed by atoms with Gasteiger partial charge in [0.25, 0.3) is 0 Å². The first-order valence-corrected chi connectivity index (χ1v) is 6.64. The number of rotatable bonds is 4. The number of thiophene rings is 1. The smallest absolute Gasteiger partial charge is 0.121 e. The zero-order valence-corrected chi connectivity index (χ0v) is 10.1. The number of hydrogen-bond acceptors (Lipinski definition) is 4. The first-order valence-electron chi connectivity index (χ1n) is 4.88. The van der Waals surface area contributed by atoms with Crippen molar-refractivity contribution in [1.29, 1.82) is 0 Å². The normalized spacial score (nSPS) is 12.9. The van der Waals surface area contributed by atoms with Gasteiger partial charge in [0.2, 0.25) is 0 Å². The summed E-state index contributed by atoms with van der Waals surface area (Å²) in [5.41, 5.74) is 0.991. The highest BCUT2D eigenvalue weighted by Crippen LogP contribution is 2.23. The van der Waals surface area contributed by atoms with Gasteiger partial charge in [0, 0.05) is 16.0 Å². The molecule has 0 aliphatic carbocycles. The molecule has 0 amide bonds. The van der Waals surface area contributed by atoms with Crippen molar-refractivity contribution >= 4 is 22.7 Å². The lowest BCUT2D eigenvalue weighted by Crippen LogP contribution is -1.98. The van der Waals surface area contributed by atoms with Crippen molar-refractivity contribution in [3.8, 4) is 0 Å². The summed E-state index contributed by atoms with van der Waals surface area (Å²) in [6.45, 7) is 1.95. The number of aromatic nitrogens is 1. The highest BCUT2D eigenvalue weighted by molar-refractivity contribution is 7.10. The molecule has 0 bridgehead atoms. The van der Waals surface area contributed by atoms with E-state index in [1.54, 1.807) is 11.3 Å². The fourth-order valence-electron chi connectivity index (χ4n) is 1.38. The van der Waals surface area contributed by atoms with E-state index in [2.05, 4.69) is 16.4 Å². The SMILES string of the molecule is Cc1csc(C(O)CCc2cccs2)n1. The number of thiazole rings is 1. The van der Waals surface area contributed by atoms with Crippen molar-refractivity contribution in [1.82, 2.24) is 4.98 Å². The van der Waals surface area contributed by atoms with Gasteiger partial charge in [0.15, 0.2) is 0 Å². The van der Waals surface area contributed by atoms with Crippen LogP contribution in [-0.2, 0) is 6.42 Å². The van der Waals surface area contributed by atoms with Crippen LogP contribution in [0, 0.1) is 6.92 Å². The molecule has 1 N–H and O–H groups in total. The summed E-state index contributed by atoms with van der Waals surface area (Å²) in [7, 11) is 0. The van der Waals surface area contributed by atoms with Crippen molar-refractivity contribution in [2.45, 2.75) is 25.9 Å². The summed E-state index contributed by atoms with van der Waals surface area (Å²) in [5.74, 6) is 0. The summed E-state index contributed by atoms with van der Waals surface area (Å²) >= 11 is 3.27. The Morgan fingerprint density at radius 2 is 2.33 bits per heavy atom. The van der Waals surface area contributed by atoms with Gasteiger partial charge in [-0.3, -0.25) is 0 Å². The molecule has 15 heavy (non-hydrogen) atoms. The molecule has 0 aliphatic rings. The summed E-state index contributed by atoms with van der Waals surface area (Å²) in [6.07, 6.45) is 1.27. The second kappa shape index (κ2) is 4.88. The molecule has 1 unspecified atom stereocenters. The van der Waals surface area contributed by atoms with Gasteiger partial charge in [-0.05, 0) is 31.2 Å². The van der Waals surface area contributed by atoms with Crippen molar-refractivity contribution in [3.05, 3.63) is 38.5 Å².